The molecule has 2 aromatic carbocycles. The van der Waals surface area contributed by atoms with Crippen LogP contribution >= 0.6 is 0 Å². The van der Waals surface area contributed by atoms with Crippen molar-refractivity contribution in [1.82, 2.24) is 18.8 Å². The molecule has 0 N–H and O–H groups in total. The van der Waals surface area contributed by atoms with Crippen molar-refractivity contribution in [3.63, 3.8) is 0 Å². The molecule has 1 fully saturated rings. The van der Waals surface area contributed by atoms with Crippen molar-refractivity contribution in [2.24, 2.45) is 7.05 Å². The number of hydrogen-bond donors (Lipinski definition) is 0. The first-order chi connectivity index (χ1) is 16.2. The molecule has 9 nitrogen and oxygen atoms in total. The Morgan fingerprint density at radius 3 is 2.47 bits per heavy atom. The summed E-state index contributed by atoms with van der Waals surface area (Å²) in [6.07, 6.45) is 0. The lowest BCUT2D eigenvalue weighted by Gasteiger charge is -2.33. The van der Waals surface area contributed by atoms with E-state index in [-0.39, 0.29) is 10.5 Å². The zero-order valence-corrected chi connectivity index (χ0v) is 20.1. The van der Waals surface area contributed by atoms with Gasteiger partial charge >= 0.3 is 5.76 Å². The van der Waals surface area contributed by atoms with E-state index in [4.69, 9.17) is 13.8 Å². The minimum absolute atomic E-state index is 0.123. The number of benzene rings is 2. The van der Waals surface area contributed by atoms with Gasteiger partial charge in [-0.05, 0) is 37.6 Å². The van der Waals surface area contributed by atoms with Crippen molar-refractivity contribution < 1.29 is 17.3 Å². The minimum atomic E-state index is -3.70. The Hall–Kier alpha value is -3.21. The van der Waals surface area contributed by atoms with Crippen LogP contribution in [-0.2, 0) is 23.6 Å². The van der Waals surface area contributed by atoms with Gasteiger partial charge in [-0.3, -0.25) is 9.47 Å². The van der Waals surface area contributed by atoms with Gasteiger partial charge in [0.25, 0.3) is 0 Å². The molecule has 0 saturated carbocycles. The Kier molecular flexibility index (Phi) is 5.67. The van der Waals surface area contributed by atoms with E-state index in [0.29, 0.717) is 44.1 Å². The molecule has 0 aliphatic carbocycles. The molecule has 0 unspecified atom stereocenters. The number of nitrogens with zero attached hydrogens (tertiary/aromatic N) is 4. The third-order valence-corrected chi connectivity index (χ3v) is 8.27. The Bertz CT molecular complexity index is 1520. The highest BCUT2D eigenvalue weighted by Gasteiger charge is 2.30. The van der Waals surface area contributed by atoms with Crippen LogP contribution in [0.25, 0.3) is 22.6 Å². The molecule has 34 heavy (non-hydrogen) atoms. The second kappa shape index (κ2) is 8.53. The Labute approximate surface area is 197 Å². The lowest BCUT2D eigenvalue weighted by atomic mass is 10.1. The first kappa shape index (κ1) is 22.6. The summed E-state index contributed by atoms with van der Waals surface area (Å²) in [6.45, 7) is 6.40. The Balaban J connectivity index is 1.28. The third kappa shape index (κ3) is 3.97. The molecule has 5 rings (SSSR count). The van der Waals surface area contributed by atoms with Gasteiger partial charge in [-0.1, -0.05) is 18.2 Å². The van der Waals surface area contributed by atoms with Gasteiger partial charge in [0.05, 0.1) is 16.1 Å². The molecule has 1 saturated heterocycles. The van der Waals surface area contributed by atoms with Gasteiger partial charge < -0.3 is 8.83 Å². The van der Waals surface area contributed by atoms with Gasteiger partial charge in [-0.25, -0.2) is 18.2 Å². The lowest BCUT2D eigenvalue weighted by Crippen LogP contribution is -2.48. The maximum Gasteiger partial charge on any atom is 0.419 e. The zero-order valence-electron chi connectivity index (χ0n) is 19.3. The van der Waals surface area contributed by atoms with Crippen molar-refractivity contribution in [1.29, 1.82) is 0 Å². The monoisotopic (exact) mass is 482 g/mol. The van der Waals surface area contributed by atoms with Gasteiger partial charge in [-0.15, -0.1) is 0 Å². The van der Waals surface area contributed by atoms with E-state index in [9.17, 15) is 13.2 Å². The smallest absolute Gasteiger partial charge is 0.419 e. The fourth-order valence-corrected chi connectivity index (χ4v) is 5.70. The number of hydrogen-bond acceptors (Lipinski definition) is 7. The number of oxazole rings is 2. The molecule has 4 aromatic rings. The highest BCUT2D eigenvalue weighted by molar-refractivity contribution is 7.89. The summed E-state index contributed by atoms with van der Waals surface area (Å²) in [7, 11) is -2.11. The van der Waals surface area contributed by atoms with Gasteiger partial charge in [0.15, 0.2) is 5.58 Å². The standard InChI is InChI=1S/C24H26N4O5S/c1-16-6-4-5-7-19(16)23-25-20(17(2)32-23)15-27-10-12-28(13-11-27)34(30,31)18-8-9-21-22(14-18)33-24(29)26(21)3/h4-9,14H,10-13,15H2,1-3H3. The second-order valence-corrected chi connectivity index (χ2v) is 10.5. The van der Waals surface area contributed by atoms with E-state index in [1.807, 2.05) is 38.1 Å². The maximum absolute atomic E-state index is 13.2. The highest BCUT2D eigenvalue weighted by atomic mass is 32.2. The fraction of sp³-hybridized carbons (Fsp3) is 0.333. The molecule has 2 aromatic heterocycles. The molecule has 0 radical (unpaired) electrons. The molecule has 1 aliphatic heterocycles. The molecule has 178 valence electrons. The third-order valence-electron chi connectivity index (χ3n) is 6.37. The quantitative estimate of drug-likeness (QED) is 0.431. The predicted molar refractivity (Wildman–Crippen MR) is 127 cm³/mol. The van der Waals surface area contributed by atoms with Crippen molar-refractivity contribution in [2.45, 2.75) is 25.3 Å². The van der Waals surface area contributed by atoms with E-state index >= 15 is 0 Å². The number of piperazine rings is 1. The lowest BCUT2D eigenvalue weighted by molar-refractivity contribution is 0.179. The van der Waals surface area contributed by atoms with Crippen LogP contribution in [0.3, 0.4) is 0 Å². The normalized spacial score (nSPS) is 15.9. The van der Waals surface area contributed by atoms with Gasteiger partial charge in [0, 0.05) is 51.4 Å². The molecule has 0 spiro atoms. The summed E-state index contributed by atoms with van der Waals surface area (Å²) in [5, 5.41) is 0. The van der Waals surface area contributed by atoms with E-state index in [1.54, 1.807) is 13.1 Å². The van der Waals surface area contributed by atoms with Crippen molar-refractivity contribution in [3.8, 4) is 11.5 Å². The molecule has 0 amide bonds. The maximum atomic E-state index is 13.2. The predicted octanol–water partition coefficient (Wildman–Crippen LogP) is 2.91. The first-order valence-electron chi connectivity index (χ1n) is 11.1. The number of rotatable bonds is 5. The SMILES string of the molecule is Cc1ccccc1-c1nc(CN2CCN(S(=O)(=O)c3ccc4c(c3)oc(=O)n4C)CC2)c(C)o1. The van der Waals surface area contributed by atoms with E-state index in [1.165, 1.54) is 21.0 Å². The number of sulfonamides is 1. The van der Waals surface area contributed by atoms with Crippen LogP contribution in [0.5, 0.6) is 0 Å². The van der Waals surface area contributed by atoms with E-state index in [0.717, 1.165) is 22.6 Å². The Morgan fingerprint density at radius 1 is 1.00 bits per heavy atom. The minimum Gasteiger partial charge on any atom is -0.441 e. The molecule has 10 heteroatoms. The second-order valence-electron chi connectivity index (χ2n) is 8.57. The molecule has 0 bridgehead atoms. The van der Waals surface area contributed by atoms with Crippen LogP contribution < -0.4 is 5.76 Å². The van der Waals surface area contributed by atoms with Gasteiger partial charge in [0.1, 0.15) is 5.76 Å². The van der Waals surface area contributed by atoms with Crippen LogP contribution in [0.1, 0.15) is 17.0 Å². The van der Waals surface area contributed by atoms with Crippen LogP contribution in [-0.4, -0.2) is 53.4 Å². The number of fused-ring (bicyclic) bond motifs is 1. The van der Waals surface area contributed by atoms with E-state index < -0.39 is 15.8 Å². The van der Waals surface area contributed by atoms with Crippen LogP contribution in [0, 0.1) is 13.8 Å². The topological polar surface area (TPSA) is 102 Å². The van der Waals surface area contributed by atoms with Crippen LogP contribution in [0.2, 0.25) is 0 Å². The summed E-state index contributed by atoms with van der Waals surface area (Å²) >= 11 is 0. The van der Waals surface area contributed by atoms with Crippen LogP contribution in [0.15, 0.2) is 61.0 Å². The average Bonchev–Trinajstić information content (AvgIpc) is 3.32. The molecule has 3 heterocycles. The number of aryl methyl sites for hydroxylation is 3. The van der Waals surface area contributed by atoms with Crippen LogP contribution in [0.4, 0.5) is 0 Å². The van der Waals surface area contributed by atoms with Crippen molar-refractivity contribution in [3.05, 3.63) is 70.0 Å². The summed E-state index contributed by atoms with van der Waals surface area (Å²) < 4.78 is 40.3. The summed E-state index contributed by atoms with van der Waals surface area (Å²) in [5.74, 6) is 0.854. The summed E-state index contributed by atoms with van der Waals surface area (Å²) in [4.78, 5) is 18.7. The molecule has 0 atom stereocenters. The fourth-order valence-electron chi connectivity index (χ4n) is 4.27. The average molecular weight is 483 g/mol. The zero-order chi connectivity index (χ0) is 24.0. The Morgan fingerprint density at radius 2 is 1.74 bits per heavy atom. The van der Waals surface area contributed by atoms with Gasteiger partial charge in [0.2, 0.25) is 15.9 Å². The summed E-state index contributed by atoms with van der Waals surface area (Å²) in [6, 6.07) is 12.5. The number of aromatic nitrogens is 2. The largest absolute Gasteiger partial charge is 0.441 e. The van der Waals surface area contributed by atoms with Gasteiger partial charge in [-0.2, -0.15) is 4.31 Å². The van der Waals surface area contributed by atoms with Crippen molar-refractivity contribution in [2.75, 3.05) is 26.2 Å². The van der Waals surface area contributed by atoms with E-state index in [2.05, 4.69) is 4.90 Å². The van der Waals surface area contributed by atoms with Crippen molar-refractivity contribution >= 4 is 21.1 Å². The first-order valence-corrected chi connectivity index (χ1v) is 12.5. The highest BCUT2D eigenvalue weighted by Crippen LogP contribution is 2.26. The summed E-state index contributed by atoms with van der Waals surface area (Å²) in [5.41, 5.74) is 3.75. The molecular weight excluding hydrogens is 456 g/mol. The molecular formula is C24H26N4O5S. The molecule has 1 aliphatic rings.